The predicted octanol–water partition coefficient (Wildman–Crippen LogP) is 2.05. The van der Waals surface area contributed by atoms with Crippen molar-refractivity contribution in [1.29, 1.82) is 0 Å². The first kappa shape index (κ1) is 9.27. The van der Waals surface area contributed by atoms with Crippen LogP contribution < -0.4 is 10.9 Å². The van der Waals surface area contributed by atoms with Crippen molar-refractivity contribution in [1.82, 2.24) is 10.9 Å². The number of carbonyl (C=O) groups is 1. The molecule has 0 bridgehead atoms. The molecule has 0 saturated carbocycles. The molecule has 3 nitrogen and oxygen atoms in total. The molecule has 1 aromatic heterocycles. The Balaban J connectivity index is 1.83. The molecule has 0 aliphatic heterocycles. The summed E-state index contributed by atoms with van der Waals surface area (Å²) in [5.41, 5.74) is 6.74. The third-order valence-electron chi connectivity index (χ3n) is 2.12. The maximum Gasteiger partial charge on any atom is 0.279 e. The second-order valence-corrected chi connectivity index (χ2v) is 4.13. The fraction of sp³-hybridized carbons (Fsp3) is 0.300. The number of carbonyl (C=O) groups excluding carboxylic acids is 1. The quantitative estimate of drug-likeness (QED) is 0.746. The molecule has 2 N–H and O–H groups in total. The molecule has 1 aliphatic rings. The smallest absolute Gasteiger partial charge is 0.279 e. The normalized spacial score (nSPS) is 15.0. The maximum atomic E-state index is 11.5. The number of rotatable bonds is 3. The molecule has 4 heteroatoms. The molecule has 1 amide bonds. The largest absolute Gasteiger partial charge is 0.303 e. The molecule has 14 heavy (non-hydrogen) atoms. The molecule has 0 spiro atoms. The van der Waals surface area contributed by atoms with Crippen molar-refractivity contribution >= 4 is 17.2 Å². The summed E-state index contributed by atoms with van der Waals surface area (Å²) < 4.78 is 0. The third kappa shape index (κ3) is 2.14. The molecule has 0 radical (unpaired) electrons. The first-order valence-electron chi connectivity index (χ1n) is 4.65. The van der Waals surface area contributed by atoms with Crippen molar-refractivity contribution in [2.75, 3.05) is 0 Å². The van der Waals surface area contributed by atoms with Crippen LogP contribution in [0.2, 0.25) is 0 Å². The summed E-state index contributed by atoms with van der Waals surface area (Å²) in [4.78, 5) is 12.2. The highest BCUT2D eigenvalue weighted by atomic mass is 32.1. The molecule has 74 valence electrons. The molecule has 1 heterocycles. The minimum absolute atomic E-state index is 0.0622. The van der Waals surface area contributed by atoms with Gasteiger partial charge in [0, 0.05) is 5.70 Å². The molecular formula is C10H12N2OS. The summed E-state index contributed by atoms with van der Waals surface area (Å²) >= 11 is 1.44. The van der Waals surface area contributed by atoms with E-state index in [1.807, 2.05) is 17.5 Å². The molecule has 0 fully saturated rings. The number of hydrogen-bond donors (Lipinski definition) is 2. The summed E-state index contributed by atoms with van der Waals surface area (Å²) in [5.74, 6) is -0.0622. The Bertz CT molecular complexity index is 343. The zero-order valence-corrected chi connectivity index (χ0v) is 8.56. The zero-order chi connectivity index (χ0) is 9.80. The standard InChI is InChI=1S/C10H12N2OS/c13-10(9-6-3-7-14-9)12-11-8-4-1-2-5-8/h3-4,6-7,11H,1-2,5H2,(H,12,13). The summed E-state index contributed by atoms with van der Waals surface area (Å²) in [6.07, 6.45) is 5.44. The van der Waals surface area contributed by atoms with Crippen molar-refractivity contribution in [3.05, 3.63) is 34.2 Å². The van der Waals surface area contributed by atoms with E-state index in [4.69, 9.17) is 0 Å². The molecule has 2 rings (SSSR count). The molecular weight excluding hydrogens is 196 g/mol. The lowest BCUT2D eigenvalue weighted by molar-refractivity contribution is 0.0942. The lowest BCUT2D eigenvalue weighted by atomic mass is 10.3. The van der Waals surface area contributed by atoms with Crippen LogP contribution in [0, 0.1) is 0 Å². The minimum atomic E-state index is -0.0622. The van der Waals surface area contributed by atoms with E-state index < -0.39 is 0 Å². The van der Waals surface area contributed by atoms with E-state index in [1.165, 1.54) is 17.8 Å². The van der Waals surface area contributed by atoms with Gasteiger partial charge in [-0.05, 0) is 30.7 Å². The highest BCUT2D eigenvalue weighted by molar-refractivity contribution is 7.12. The average molecular weight is 208 g/mol. The molecule has 1 aromatic rings. The summed E-state index contributed by atoms with van der Waals surface area (Å²) in [5, 5.41) is 1.89. The first-order chi connectivity index (χ1) is 6.86. The predicted molar refractivity (Wildman–Crippen MR) is 56.9 cm³/mol. The van der Waals surface area contributed by atoms with Crippen LogP contribution in [0.1, 0.15) is 28.9 Å². The van der Waals surface area contributed by atoms with E-state index in [9.17, 15) is 4.79 Å². The Morgan fingerprint density at radius 2 is 2.43 bits per heavy atom. The van der Waals surface area contributed by atoms with Gasteiger partial charge in [-0.3, -0.25) is 10.2 Å². The van der Waals surface area contributed by atoms with Crippen molar-refractivity contribution in [3.8, 4) is 0 Å². The Morgan fingerprint density at radius 1 is 1.50 bits per heavy atom. The second-order valence-electron chi connectivity index (χ2n) is 3.18. The van der Waals surface area contributed by atoms with Crippen LogP contribution in [0.15, 0.2) is 29.3 Å². The fourth-order valence-electron chi connectivity index (χ4n) is 1.39. The summed E-state index contributed by atoms with van der Waals surface area (Å²) in [6.45, 7) is 0. The van der Waals surface area contributed by atoms with Gasteiger partial charge in [0.1, 0.15) is 0 Å². The van der Waals surface area contributed by atoms with Gasteiger partial charge in [-0.1, -0.05) is 12.1 Å². The average Bonchev–Trinajstić information content (AvgIpc) is 2.87. The molecule has 0 saturated heterocycles. The van der Waals surface area contributed by atoms with Crippen LogP contribution in [0.5, 0.6) is 0 Å². The van der Waals surface area contributed by atoms with E-state index in [2.05, 4.69) is 16.9 Å². The fourth-order valence-corrected chi connectivity index (χ4v) is 2.01. The molecule has 0 atom stereocenters. The highest BCUT2D eigenvalue weighted by Gasteiger charge is 2.07. The number of hydrazine groups is 1. The maximum absolute atomic E-state index is 11.5. The van der Waals surface area contributed by atoms with E-state index in [-0.39, 0.29) is 5.91 Å². The topological polar surface area (TPSA) is 41.1 Å². The van der Waals surface area contributed by atoms with Crippen molar-refractivity contribution < 1.29 is 4.79 Å². The van der Waals surface area contributed by atoms with E-state index in [0.717, 1.165) is 23.4 Å². The van der Waals surface area contributed by atoms with Gasteiger partial charge >= 0.3 is 0 Å². The number of allylic oxidation sites excluding steroid dienone is 2. The minimum Gasteiger partial charge on any atom is -0.303 e. The molecule has 0 aromatic carbocycles. The lowest BCUT2D eigenvalue weighted by Crippen LogP contribution is -2.35. The van der Waals surface area contributed by atoms with Crippen LogP contribution in [0.4, 0.5) is 0 Å². The van der Waals surface area contributed by atoms with Gasteiger partial charge in [-0.15, -0.1) is 11.3 Å². The van der Waals surface area contributed by atoms with Gasteiger partial charge in [-0.25, -0.2) is 0 Å². The first-order valence-corrected chi connectivity index (χ1v) is 5.53. The Kier molecular flexibility index (Phi) is 2.84. The second kappa shape index (κ2) is 4.28. The van der Waals surface area contributed by atoms with Crippen molar-refractivity contribution in [2.45, 2.75) is 19.3 Å². The lowest BCUT2D eigenvalue weighted by Gasteiger charge is -2.07. The van der Waals surface area contributed by atoms with Gasteiger partial charge in [0.25, 0.3) is 5.91 Å². The van der Waals surface area contributed by atoms with Crippen molar-refractivity contribution in [2.24, 2.45) is 0 Å². The van der Waals surface area contributed by atoms with Crippen molar-refractivity contribution in [3.63, 3.8) is 0 Å². The number of amides is 1. The summed E-state index contributed by atoms with van der Waals surface area (Å²) in [6, 6.07) is 3.68. The van der Waals surface area contributed by atoms with Crippen LogP contribution in [0.25, 0.3) is 0 Å². The number of thiophene rings is 1. The van der Waals surface area contributed by atoms with Gasteiger partial charge < -0.3 is 5.43 Å². The summed E-state index contributed by atoms with van der Waals surface area (Å²) in [7, 11) is 0. The number of hydrogen-bond acceptors (Lipinski definition) is 3. The van der Waals surface area contributed by atoms with E-state index in [1.54, 1.807) is 0 Å². The SMILES string of the molecule is O=C(NNC1=CCCC1)c1cccs1. The molecule has 0 unspecified atom stereocenters. The molecule has 1 aliphatic carbocycles. The highest BCUT2D eigenvalue weighted by Crippen LogP contribution is 2.14. The van der Waals surface area contributed by atoms with Gasteiger partial charge in [0.15, 0.2) is 0 Å². The monoisotopic (exact) mass is 208 g/mol. The van der Waals surface area contributed by atoms with Gasteiger partial charge in [-0.2, -0.15) is 0 Å². The van der Waals surface area contributed by atoms with Crippen LogP contribution in [-0.4, -0.2) is 5.91 Å². The van der Waals surface area contributed by atoms with Gasteiger partial charge in [0.2, 0.25) is 0 Å². The van der Waals surface area contributed by atoms with Gasteiger partial charge in [0.05, 0.1) is 4.88 Å². The van der Waals surface area contributed by atoms with E-state index in [0.29, 0.717) is 0 Å². The van der Waals surface area contributed by atoms with Crippen LogP contribution >= 0.6 is 11.3 Å². The number of nitrogens with one attached hydrogen (secondary N) is 2. The third-order valence-corrected chi connectivity index (χ3v) is 2.99. The zero-order valence-electron chi connectivity index (χ0n) is 7.75. The van der Waals surface area contributed by atoms with E-state index >= 15 is 0 Å². The Morgan fingerprint density at radius 3 is 3.07 bits per heavy atom. The Labute approximate surface area is 86.8 Å². The van der Waals surface area contributed by atoms with Crippen LogP contribution in [0.3, 0.4) is 0 Å². The Hall–Kier alpha value is -1.29. The van der Waals surface area contributed by atoms with Crippen LogP contribution in [-0.2, 0) is 0 Å².